The van der Waals surface area contributed by atoms with Crippen molar-refractivity contribution in [3.63, 3.8) is 0 Å². The van der Waals surface area contributed by atoms with Crippen molar-refractivity contribution in [2.75, 3.05) is 11.9 Å². The summed E-state index contributed by atoms with van der Waals surface area (Å²) in [6.45, 7) is 3.10. The second-order valence-electron chi connectivity index (χ2n) is 4.51. The number of sulfonamides is 1. The summed E-state index contributed by atoms with van der Waals surface area (Å²) in [5.74, 6) is 0. The number of hydrogen-bond acceptors (Lipinski definition) is 4. The van der Waals surface area contributed by atoms with Crippen LogP contribution in [0.1, 0.15) is 18.2 Å². The van der Waals surface area contributed by atoms with E-state index in [4.69, 9.17) is 0 Å². The molecule has 1 heterocycles. The van der Waals surface area contributed by atoms with Crippen LogP contribution in [0.3, 0.4) is 0 Å². The van der Waals surface area contributed by atoms with E-state index in [-0.39, 0.29) is 0 Å². The molecule has 0 saturated heterocycles. The number of benzene rings is 1. The Hall–Kier alpha value is -0.890. The minimum Gasteiger partial charge on any atom is -0.380 e. The fourth-order valence-electron chi connectivity index (χ4n) is 1.71. The molecule has 114 valence electrons. The average molecular weight is 389 g/mol. The van der Waals surface area contributed by atoms with Gasteiger partial charge in [0.15, 0.2) is 0 Å². The fraction of sp³-hybridized carbons (Fsp3) is 0.286. The van der Waals surface area contributed by atoms with E-state index >= 15 is 0 Å². The SMILES string of the molecule is CCCNS(=O)(=O)c1ccc(NCc2cc(Br)cs2)cc1. The monoisotopic (exact) mass is 388 g/mol. The molecule has 0 amide bonds. The largest absolute Gasteiger partial charge is 0.380 e. The summed E-state index contributed by atoms with van der Waals surface area (Å²) in [4.78, 5) is 1.50. The van der Waals surface area contributed by atoms with Crippen LogP contribution in [0.25, 0.3) is 0 Å². The van der Waals surface area contributed by atoms with Crippen LogP contribution in [0, 0.1) is 0 Å². The summed E-state index contributed by atoms with van der Waals surface area (Å²) in [6.07, 6.45) is 0.773. The third-order valence-electron chi connectivity index (χ3n) is 2.80. The highest BCUT2D eigenvalue weighted by atomic mass is 79.9. The van der Waals surface area contributed by atoms with Crippen LogP contribution in [0.4, 0.5) is 5.69 Å². The van der Waals surface area contributed by atoms with Crippen molar-refractivity contribution in [3.8, 4) is 0 Å². The molecule has 0 aliphatic carbocycles. The van der Waals surface area contributed by atoms with Gasteiger partial charge in [-0.15, -0.1) is 11.3 Å². The molecule has 1 aromatic heterocycles. The topological polar surface area (TPSA) is 58.2 Å². The molecule has 0 saturated carbocycles. The zero-order valence-corrected chi connectivity index (χ0v) is 14.8. The van der Waals surface area contributed by atoms with Gasteiger partial charge in [-0.3, -0.25) is 0 Å². The Morgan fingerprint density at radius 1 is 1.24 bits per heavy atom. The second kappa shape index (κ2) is 7.40. The molecule has 0 bridgehead atoms. The van der Waals surface area contributed by atoms with E-state index < -0.39 is 10.0 Å². The van der Waals surface area contributed by atoms with Gasteiger partial charge in [0.1, 0.15) is 0 Å². The first-order valence-corrected chi connectivity index (χ1v) is 9.73. The molecule has 2 rings (SSSR count). The number of thiophene rings is 1. The van der Waals surface area contributed by atoms with E-state index in [1.807, 2.05) is 12.3 Å². The normalized spacial score (nSPS) is 11.5. The van der Waals surface area contributed by atoms with E-state index in [1.54, 1.807) is 35.6 Å². The van der Waals surface area contributed by atoms with E-state index in [0.29, 0.717) is 11.4 Å². The molecule has 2 N–H and O–H groups in total. The third kappa shape index (κ3) is 4.81. The number of hydrogen-bond donors (Lipinski definition) is 2. The molecule has 2 aromatic rings. The van der Waals surface area contributed by atoms with Gasteiger partial charge in [0.05, 0.1) is 4.90 Å². The summed E-state index contributed by atoms with van der Waals surface area (Å²) >= 11 is 5.09. The first-order valence-electron chi connectivity index (χ1n) is 6.58. The van der Waals surface area contributed by atoms with Crippen LogP contribution in [-0.2, 0) is 16.6 Å². The Bertz CT molecular complexity index is 681. The number of rotatable bonds is 7. The summed E-state index contributed by atoms with van der Waals surface area (Å²) in [5.41, 5.74) is 0.897. The molecule has 21 heavy (non-hydrogen) atoms. The summed E-state index contributed by atoms with van der Waals surface area (Å²) in [6, 6.07) is 8.85. The Morgan fingerprint density at radius 2 is 1.95 bits per heavy atom. The van der Waals surface area contributed by atoms with Gasteiger partial charge in [0.2, 0.25) is 10.0 Å². The van der Waals surface area contributed by atoms with Gasteiger partial charge in [-0.25, -0.2) is 13.1 Å². The predicted molar refractivity (Wildman–Crippen MR) is 91.3 cm³/mol. The van der Waals surface area contributed by atoms with Crippen molar-refractivity contribution >= 4 is 43.0 Å². The molecule has 0 aliphatic heterocycles. The zero-order chi connectivity index (χ0) is 15.3. The molecule has 0 unspecified atom stereocenters. The number of anilines is 1. The fourth-order valence-corrected chi connectivity index (χ4v) is 4.23. The Kier molecular flexibility index (Phi) is 5.80. The highest BCUT2D eigenvalue weighted by Crippen LogP contribution is 2.21. The average Bonchev–Trinajstić information content (AvgIpc) is 2.89. The molecule has 0 atom stereocenters. The van der Waals surface area contributed by atoms with Crippen molar-refractivity contribution in [1.29, 1.82) is 0 Å². The Morgan fingerprint density at radius 3 is 2.52 bits per heavy atom. The lowest BCUT2D eigenvalue weighted by Crippen LogP contribution is -2.24. The molecular weight excluding hydrogens is 372 g/mol. The van der Waals surface area contributed by atoms with Crippen LogP contribution in [0.5, 0.6) is 0 Å². The van der Waals surface area contributed by atoms with E-state index in [1.165, 1.54) is 4.88 Å². The minimum atomic E-state index is -3.38. The van der Waals surface area contributed by atoms with Gasteiger partial charge in [0.25, 0.3) is 0 Å². The van der Waals surface area contributed by atoms with Gasteiger partial charge in [0, 0.05) is 33.5 Å². The second-order valence-corrected chi connectivity index (χ2v) is 8.19. The van der Waals surface area contributed by atoms with Crippen LogP contribution in [0.2, 0.25) is 0 Å². The van der Waals surface area contributed by atoms with Gasteiger partial charge >= 0.3 is 0 Å². The van der Waals surface area contributed by atoms with E-state index in [0.717, 1.165) is 23.1 Å². The predicted octanol–water partition coefficient (Wildman–Crippen LogP) is 3.81. The molecule has 0 fully saturated rings. The summed E-state index contributed by atoms with van der Waals surface area (Å²) < 4.78 is 27.5. The minimum absolute atomic E-state index is 0.292. The van der Waals surface area contributed by atoms with Crippen molar-refractivity contribution < 1.29 is 8.42 Å². The standard InChI is InChI=1S/C14H17BrN2O2S2/c1-2-7-17-21(18,19)14-5-3-12(4-6-14)16-9-13-8-11(15)10-20-13/h3-6,8,10,16-17H,2,7,9H2,1H3. The zero-order valence-electron chi connectivity index (χ0n) is 11.6. The lowest BCUT2D eigenvalue weighted by atomic mass is 10.3. The highest BCUT2D eigenvalue weighted by Gasteiger charge is 2.12. The van der Waals surface area contributed by atoms with Crippen molar-refractivity contribution in [2.24, 2.45) is 0 Å². The molecule has 0 aliphatic rings. The first-order chi connectivity index (χ1) is 10.0. The highest BCUT2D eigenvalue weighted by molar-refractivity contribution is 9.10. The molecule has 7 heteroatoms. The smallest absolute Gasteiger partial charge is 0.240 e. The molecule has 0 spiro atoms. The lowest BCUT2D eigenvalue weighted by Gasteiger charge is -2.08. The number of halogens is 1. The maximum atomic E-state index is 11.9. The van der Waals surface area contributed by atoms with Gasteiger partial charge in [-0.2, -0.15) is 0 Å². The summed E-state index contributed by atoms with van der Waals surface area (Å²) in [5, 5.41) is 5.30. The quantitative estimate of drug-likeness (QED) is 0.757. The molecule has 1 aromatic carbocycles. The Labute approximate surface area is 137 Å². The molecule has 4 nitrogen and oxygen atoms in total. The van der Waals surface area contributed by atoms with Crippen molar-refractivity contribution in [3.05, 3.63) is 45.1 Å². The maximum Gasteiger partial charge on any atom is 0.240 e. The van der Waals surface area contributed by atoms with Crippen molar-refractivity contribution in [1.82, 2.24) is 4.72 Å². The van der Waals surface area contributed by atoms with Gasteiger partial charge in [-0.05, 0) is 52.7 Å². The van der Waals surface area contributed by atoms with Crippen LogP contribution in [-0.4, -0.2) is 15.0 Å². The van der Waals surface area contributed by atoms with Crippen LogP contribution >= 0.6 is 27.3 Å². The summed E-state index contributed by atoms with van der Waals surface area (Å²) in [7, 11) is -3.38. The number of nitrogens with one attached hydrogen (secondary N) is 2. The molecule has 0 radical (unpaired) electrons. The van der Waals surface area contributed by atoms with Crippen LogP contribution < -0.4 is 10.0 Å². The lowest BCUT2D eigenvalue weighted by molar-refractivity contribution is 0.581. The third-order valence-corrected chi connectivity index (χ3v) is 5.97. The Balaban J connectivity index is 1.98. The van der Waals surface area contributed by atoms with E-state index in [2.05, 4.69) is 32.0 Å². The maximum absolute atomic E-state index is 11.9. The first kappa shape index (κ1) is 16.5. The van der Waals surface area contributed by atoms with Gasteiger partial charge in [-0.1, -0.05) is 6.92 Å². The van der Waals surface area contributed by atoms with Crippen LogP contribution in [0.15, 0.2) is 45.1 Å². The molecular formula is C14H17BrN2O2S2. The van der Waals surface area contributed by atoms with Gasteiger partial charge < -0.3 is 5.32 Å². The van der Waals surface area contributed by atoms with E-state index in [9.17, 15) is 8.42 Å². The van der Waals surface area contributed by atoms with Crippen molar-refractivity contribution in [2.45, 2.75) is 24.8 Å².